The number of nitrogens with one attached hydrogen (secondary N) is 1. The van der Waals surface area contributed by atoms with Gasteiger partial charge in [-0.15, -0.1) is 0 Å². The van der Waals surface area contributed by atoms with E-state index in [1.54, 1.807) is 12.3 Å². The summed E-state index contributed by atoms with van der Waals surface area (Å²) in [5.41, 5.74) is 7.53. The first-order valence-corrected chi connectivity index (χ1v) is 7.35. The first-order valence-electron chi connectivity index (χ1n) is 7.35. The Labute approximate surface area is 120 Å². The van der Waals surface area contributed by atoms with Gasteiger partial charge >= 0.3 is 0 Å². The van der Waals surface area contributed by atoms with Crippen LogP contribution in [0.3, 0.4) is 0 Å². The summed E-state index contributed by atoms with van der Waals surface area (Å²) in [6.45, 7) is 7.31. The number of nitrogens with zero attached hydrogens (tertiary/aromatic N) is 2. The van der Waals surface area contributed by atoms with Crippen molar-refractivity contribution in [1.82, 2.24) is 15.2 Å². The van der Waals surface area contributed by atoms with Crippen LogP contribution in [0.1, 0.15) is 42.2 Å². The molecule has 0 unspecified atom stereocenters. The molecule has 5 nitrogen and oxygen atoms in total. The highest BCUT2D eigenvalue weighted by Gasteiger charge is 2.21. The van der Waals surface area contributed by atoms with Gasteiger partial charge in [-0.1, -0.05) is 6.92 Å². The minimum Gasteiger partial charge on any atom is -0.397 e. The van der Waals surface area contributed by atoms with Crippen LogP contribution >= 0.6 is 0 Å². The van der Waals surface area contributed by atoms with Crippen molar-refractivity contribution in [3.05, 3.63) is 23.5 Å². The molecule has 0 saturated carbocycles. The van der Waals surface area contributed by atoms with Gasteiger partial charge in [-0.2, -0.15) is 0 Å². The number of rotatable bonds is 4. The van der Waals surface area contributed by atoms with Crippen LogP contribution in [0.25, 0.3) is 0 Å². The Morgan fingerprint density at radius 3 is 2.85 bits per heavy atom. The smallest absolute Gasteiger partial charge is 0.253 e. The normalized spacial score (nSPS) is 17.1. The molecular weight excluding hydrogens is 252 g/mol. The third-order valence-electron chi connectivity index (χ3n) is 3.82. The quantitative estimate of drug-likeness (QED) is 0.876. The zero-order valence-corrected chi connectivity index (χ0v) is 12.4. The summed E-state index contributed by atoms with van der Waals surface area (Å²) in [4.78, 5) is 18.9. The average molecular weight is 276 g/mol. The maximum absolute atomic E-state index is 12.3. The first kappa shape index (κ1) is 14.8. The molecule has 1 saturated heterocycles. The Kier molecular flexibility index (Phi) is 4.95. The lowest BCUT2D eigenvalue weighted by Crippen LogP contribution is -2.44. The third kappa shape index (κ3) is 3.70. The average Bonchev–Trinajstić information content (AvgIpc) is 2.44. The van der Waals surface area contributed by atoms with Crippen LogP contribution in [0.15, 0.2) is 12.3 Å². The lowest BCUT2D eigenvalue weighted by atomic mass is 10.0. The van der Waals surface area contributed by atoms with Gasteiger partial charge in [0.25, 0.3) is 5.91 Å². The second-order valence-electron chi connectivity index (χ2n) is 5.49. The van der Waals surface area contributed by atoms with Crippen molar-refractivity contribution in [3.63, 3.8) is 0 Å². The van der Waals surface area contributed by atoms with Crippen molar-refractivity contribution in [3.8, 4) is 0 Å². The van der Waals surface area contributed by atoms with E-state index in [1.807, 2.05) is 6.92 Å². The van der Waals surface area contributed by atoms with Gasteiger partial charge in [0, 0.05) is 19.1 Å². The zero-order chi connectivity index (χ0) is 14.5. The Hall–Kier alpha value is -1.62. The van der Waals surface area contributed by atoms with Gasteiger partial charge in [-0.05, 0) is 38.8 Å². The highest BCUT2D eigenvalue weighted by molar-refractivity contribution is 5.96. The van der Waals surface area contributed by atoms with E-state index in [1.165, 1.54) is 6.42 Å². The van der Waals surface area contributed by atoms with Gasteiger partial charge in [0.05, 0.1) is 23.1 Å². The molecule has 3 N–H and O–H groups in total. The Morgan fingerprint density at radius 2 is 2.20 bits per heavy atom. The summed E-state index contributed by atoms with van der Waals surface area (Å²) in [5, 5.41) is 3.10. The van der Waals surface area contributed by atoms with E-state index in [0.717, 1.165) is 38.2 Å². The molecule has 20 heavy (non-hydrogen) atoms. The number of nitrogen functional groups attached to an aromatic ring is 1. The second-order valence-corrected chi connectivity index (χ2v) is 5.49. The number of carbonyl (C=O) groups excluding carboxylic acids is 1. The van der Waals surface area contributed by atoms with Gasteiger partial charge in [0.1, 0.15) is 0 Å². The summed E-state index contributed by atoms with van der Waals surface area (Å²) >= 11 is 0. The molecule has 110 valence electrons. The molecule has 0 spiro atoms. The summed E-state index contributed by atoms with van der Waals surface area (Å²) in [5.74, 6) is -0.0590. The van der Waals surface area contributed by atoms with Crippen LogP contribution in [0.5, 0.6) is 0 Å². The minimum atomic E-state index is -0.0590. The van der Waals surface area contributed by atoms with E-state index in [4.69, 9.17) is 5.73 Å². The number of amides is 1. The lowest BCUT2D eigenvalue weighted by Gasteiger charge is -2.32. The number of piperidine rings is 1. The van der Waals surface area contributed by atoms with Crippen LogP contribution in [-0.2, 0) is 0 Å². The maximum Gasteiger partial charge on any atom is 0.253 e. The fourth-order valence-corrected chi connectivity index (χ4v) is 2.66. The molecule has 2 rings (SSSR count). The molecule has 1 aliphatic heterocycles. The molecule has 1 aliphatic rings. The van der Waals surface area contributed by atoms with Crippen LogP contribution < -0.4 is 11.1 Å². The molecule has 1 fully saturated rings. The number of nitrogens with two attached hydrogens (primary N) is 1. The fourth-order valence-electron chi connectivity index (χ4n) is 2.66. The zero-order valence-electron chi connectivity index (χ0n) is 12.4. The molecule has 1 aromatic heterocycles. The van der Waals surface area contributed by atoms with Crippen molar-refractivity contribution in [2.24, 2.45) is 0 Å². The topological polar surface area (TPSA) is 71.2 Å². The monoisotopic (exact) mass is 276 g/mol. The Morgan fingerprint density at radius 1 is 1.50 bits per heavy atom. The van der Waals surface area contributed by atoms with Crippen molar-refractivity contribution < 1.29 is 4.79 Å². The Balaban J connectivity index is 1.91. The fraction of sp³-hybridized carbons (Fsp3) is 0.600. The molecular formula is C15H24N4O. The number of anilines is 1. The van der Waals surface area contributed by atoms with E-state index in [0.29, 0.717) is 11.3 Å². The molecule has 0 aliphatic carbocycles. The molecule has 5 heteroatoms. The van der Waals surface area contributed by atoms with E-state index in [-0.39, 0.29) is 11.9 Å². The van der Waals surface area contributed by atoms with Crippen LogP contribution in [0, 0.1) is 6.92 Å². The molecule has 2 heterocycles. The molecule has 0 bridgehead atoms. The highest BCUT2D eigenvalue weighted by Crippen LogP contribution is 2.13. The lowest BCUT2D eigenvalue weighted by molar-refractivity contribution is 0.0910. The number of pyridine rings is 1. The van der Waals surface area contributed by atoms with Crippen molar-refractivity contribution >= 4 is 11.6 Å². The highest BCUT2D eigenvalue weighted by atomic mass is 16.1. The first-order chi connectivity index (χ1) is 9.60. The van der Waals surface area contributed by atoms with E-state index in [2.05, 4.69) is 22.1 Å². The van der Waals surface area contributed by atoms with Crippen molar-refractivity contribution in [2.75, 3.05) is 25.4 Å². The molecule has 0 atom stereocenters. The summed E-state index contributed by atoms with van der Waals surface area (Å²) in [6.07, 6.45) is 4.79. The number of carbonyl (C=O) groups is 1. The number of aryl methyl sites for hydroxylation is 1. The molecule has 1 amide bonds. The molecule has 1 aromatic rings. The van der Waals surface area contributed by atoms with Gasteiger partial charge in [0.15, 0.2) is 0 Å². The summed E-state index contributed by atoms with van der Waals surface area (Å²) in [7, 11) is 0. The standard InChI is InChI=1S/C15H24N4O/c1-3-6-19-7-4-13(5-8-19)18-15(20)14-9-12(16)10-17-11(14)2/h9-10,13H,3-8,16H2,1-2H3,(H,18,20). The molecule has 0 radical (unpaired) electrons. The van der Waals surface area contributed by atoms with Crippen molar-refractivity contribution in [1.29, 1.82) is 0 Å². The third-order valence-corrected chi connectivity index (χ3v) is 3.82. The number of hydrogen-bond acceptors (Lipinski definition) is 4. The summed E-state index contributed by atoms with van der Waals surface area (Å²) < 4.78 is 0. The van der Waals surface area contributed by atoms with Gasteiger partial charge in [-0.25, -0.2) is 0 Å². The largest absolute Gasteiger partial charge is 0.397 e. The maximum atomic E-state index is 12.3. The van der Waals surface area contributed by atoms with Crippen LogP contribution in [0.4, 0.5) is 5.69 Å². The van der Waals surface area contributed by atoms with E-state index >= 15 is 0 Å². The van der Waals surface area contributed by atoms with Gasteiger partial charge in [0.2, 0.25) is 0 Å². The van der Waals surface area contributed by atoms with Crippen molar-refractivity contribution in [2.45, 2.75) is 39.2 Å². The van der Waals surface area contributed by atoms with E-state index < -0.39 is 0 Å². The Bertz CT molecular complexity index is 467. The van der Waals surface area contributed by atoms with Crippen LogP contribution in [-0.4, -0.2) is 41.5 Å². The molecule has 0 aromatic carbocycles. The van der Waals surface area contributed by atoms with Crippen LogP contribution in [0.2, 0.25) is 0 Å². The second kappa shape index (κ2) is 6.70. The minimum absolute atomic E-state index is 0.0590. The number of likely N-dealkylation sites (tertiary alicyclic amines) is 1. The predicted molar refractivity (Wildman–Crippen MR) is 80.6 cm³/mol. The predicted octanol–water partition coefficient (Wildman–Crippen LogP) is 1.58. The SMILES string of the molecule is CCCN1CCC(NC(=O)c2cc(N)cnc2C)CC1. The van der Waals surface area contributed by atoms with Gasteiger partial charge in [-0.3, -0.25) is 9.78 Å². The number of aromatic nitrogens is 1. The summed E-state index contributed by atoms with van der Waals surface area (Å²) in [6, 6.07) is 1.96. The van der Waals surface area contributed by atoms with Gasteiger partial charge < -0.3 is 16.0 Å². The van der Waals surface area contributed by atoms with E-state index in [9.17, 15) is 4.79 Å². The number of hydrogen-bond donors (Lipinski definition) is 2.